The summed E-state index contributed by atoms with van der Waals surface area (Å²) >= 11 is 0. The van der Waals surface area contributed by atoms with E-state index in [1.165, 1.54) is 0 Å². The highest BCUT2D eigenvalue weighted by Crippen LogP contribution is 2.66. The van der Waals surface area contributed by atoms with Crippen molar-refractivity contribution in [3.05, 3.63) is 0 Å². The molecule has 0 saturated heterocycles. The number of primary amides is 1. The van der Waals surface area contributed by atoms with Gasteiger partial charge in [-0.15, -0.1) is 0 Å². The fourth-order valence-corrected chi connectivity index (χ4v) is 7.96. The van der Waals surface area contributed by atoms with Crippen molar-refractivity contribution < 1.29 is 19.2 Å². The summed E-state index contributed by atoms with van der Waals surface area (Å²) in [6.45, 7) is 6.47. The van der Waals surface area contributed by atoms with Crippen LogP contribution >= 0.6 is 0 Å². The highest BCUT2D eigenvalue weighted by atomic mass is 16.1. The number of carbonyl (C=O) groups is 4. The van der Waals surface area contributed by atoms with E-state index in [0.717, 1.165) is 19.3 Å². The fraction of sp³-hybridized carbons (Fsp3) is 0.833. The van der Waals surface area contributed by atoms with Crippen LogP contribution < -0.4 is 5.73 Å². The second-order valence-corrected chi connectivity index (χ2v) is 10.9. The predicted octanol–water partition coefficient (Wildman–Crippen LogP) is 3.47. The Balaban J connectivity index is 1.63. The van der Waals surface area contributed by atoms with E-state index in [9.17, 15) is 19.2 Å². The zero-order valence-corrected chi connectivity index (χ0v) is 18.0. The minimum Gasteiger partial charge on any atom is -0.370 e. The number of hydrogen-bond acceptors (Lipinski definition) is 4. The van der Waals surface area contributed by atoms with Crippen molar-refractivity contribution in [2.24, 2.45) is 52.1 Å². The van der Waals surface area contributed by atoms with Gasteiger partial charge >= 0.3 is 0 Å². The second kappa shape index (κ2) is 7.02. The molecule has 5 nitrogen and oxygen atoms in total. The van der Waals surface area contributed by atoms with Gasteiger partial charge in [-0.2, -0.15) is 0 Å². The van der Waals surface area contributed by atoms with Crippen LogP contribution in [0.2, 0.25) is 0 Å². The normalized spacial score (nSPS) is 45.3. The molecule has 0 heterocycles. The third kappa shape index (κ3) is 3.02. The Morgan fingerprint density at radius 2 is 1.83 bits per heavy atom. The largest absolute Gasteiger partial charge is 0.370 e. The molecular formula is C24H35NO4. The third-order valence-corrected chi connectivity index (χ3v) is 9.75. The van der Waals surface area contributed by atoms with E-state index in [1.807, 2.05) is 0 Å². The molecule has 8 atom stereocenters. The molecule has 4 aliphatic rings. The highest BCUT2D eigenvalue weighted by molar-refractivity contribution is 5.93. The highest BCUT2D eigenvalue weighted by Gasteiger charge is 2.66. The molecule has 4 aliphatic carbocycles. The van der Waals surface area contributed by atoms with Crippen LogP contribution in [-0.2, 0) is 19.2 Å². The number of hydrogen-bond donors (Lipinski definition) is 1. The molecule has 0 aliphatic heterocycles. The lowest BCUT2D eigenvalue weighted by Gasteiger charge is -2.58. The van der Waals surface area contributed by atoms with Crippen LogP contribution in [0.1, 0.15) is 78.6 Å². The topological polar surface area (TPSA) is 94.3 Å². The van der Waals surface area contributed by atoms with Gasteiger partial charge < -0.3 is 5.73 Å². The minimum atomic E-state index is -0.471. The van der Waals surface area contributed by atoms with Crippen LogP contribution in [0.15, 0.2) is 0 Å². The van der Waals surface area contributed by atoms with Gasteiger partial charge in [0.25, 0.3) is 0 Å². The molecule has 0 spiro atoms. The van der Waals surface area contributed by atoms with E-state index in [2.05, 4.69) is 20.8 Å². The van der Waals surface area contributed by atoms with Gasteiger partial charge in [0.05, 0.1) is 0 Å². The first kappa shape index (κ1) is 20.7. The molecule has 0 bridgehead atoms. The molecule has 4 rings (SSSR count). The van der Waals surface area contributed by atoms with E-state index in [0.29, 0.717) is 50.1 Å². The number of nitrogens with two attached hydrogens (primary N) is 1. The molecule has 1 amide bonds. The Labute approximate surface area is 173 Å². The van der Waals surface area contributed by atoms with Crippen LogP contribution in [0.25, 0.3) is 0 Å². The third-order valence-electron chi connectivity index (χ3n) is 9.75. The first-order chi connectivity index (χ1) is 13.6. The van der Waals surface area contributed by atoms with Gasteiger partial charge in [-0.25, -0.2) is 0 Å². The summed E-state index contributed by atoms with van der Waals surface area (Å²) < 4.78 is 0. The summed E-state index contributed by atoms with van der Waals surface area (Å²) in [5.74, 6) is 1.31. The smallest absolute Gasteiger partial charge is 0.217 e. The molecule has 160 valence electrons. The van der Waals surface area contributed by atoms with Crippen molar-refractivity contribution >= 4 is 23.3 Å². The van der Waals surface area contributed by atoms with Crippen molar-refractivity contribution in [2.45, 2.75) is 78.6 Å². The van der Waals surface area contributed by atoms with Gasteiger partial charge in [-0.3, -0.25) is 19.2 Å². The van der Waals surface area contributed by atoms with Crippen LogP contribution in [0.5, 0.6) is 0 Å². The summed E-state index contributed by atoms with van der Waals surface area (Å²) in [7, 11) is 0. The Hall–Kier alpha value is -1.52. The quantitative estimate of drug-likeness (QED) is 0.780. The molecule has 0 radical (unpaired) electrons. The van der Waals surface area contributed by atoms with Gasteiger partial charge in [0.2, 0.25) is 5.91 Å². The number of carbonyl (C=O) groups excluding carboxylic acids is 4. The first-order valence-electron chi connectivity index (χ1n) is 11.4. The SMILES string of the molecule is C[C@H](CCC(N)=O)[C@H]1CC[C@H]2[C@@H]3C(=O)CC4CC(=O)CC[C@]4(C)[C@H]3CC(=O)[C@]12C. The maximum Gasteiger partial charge on any atom is 0.217 e. The predicted molar refractivity (Wildman–Crippen MR) is 109 cm³/mol. The molecule has 0 aromatic rings. The van der Waals surface area contributed by atoms with Crippen molar-refractivity contribution in [3.8, 4) is 0 Å². The molecule has 0 aromatic heterocycles. The first-order valence-corrected chi connectivity index (χ1v) is 11.4. The summed E-state index contributed by atoms with van der Waals surface area (Å²) in [6, 6.07) is 0. The number of amides is 1. The van der Waals surface area contributed by atoms with Gasteiger partial charge in [-0.05, 0) is 60.7 Å². The maximum atomic E-state index is 13.6. The van der Waals surface area contributed by atoms with Gasteiger partial charge in [-0.1, -0.05) is 20.8 Å². The van der Waals surface area contributed by atoms with Gasteiger partial charge in [0.1, 0.15) is 17.3 Å². The van der Waals surface area contributed by atoms with E-state index in [1.54, 1.807) is 0 Å². The summed E-state index contributed by atoms with van der Waals surface area (Å²) in [6.07, 6.45) is 5.82. The molecule has 29 heavy (non-hydrogen) atoms. The lowest BCUT2D eigenvalue weighted by Crippen LogP contribution is -2.60. The lowest BCUT2D eigenvalue weighted by molar-refractivity contribution is -0.166. The number of fused-ring (bicyclic) bond motifs is 5. The van der Waals surface area contributed by atoms with Gasteiger partial charge in [0, 0.05) is 43.4 Å². The Bertz CT molecular complexity index is 760. The van der Waals surface area contributed by atoms with Crippen LogP contribution in [-0.4, -0.2) is 23.3 Å². The summed E-state index contributed by atoms with van der Waals surface area (Å²) in [4.78, 5) is 50.3. The Morgan fingerprint density at radius 3 is 2.52 bits per heavy atom. The van der Waals surface area contributed by atoms with Crippen molar-refractivity contribution in [3.63, 3.8) is 0 Å². The lowest BCUT2D eigenvalue weighted by atomic mass is 9.44. The van der Waals surface area contributed by atoms with Crippen molar-refractivity contribution in [2.75, 3.05) is 0 Å². The average molecular weight is 402 g/mol. The zero-order valence-electron chi connectivity index (χ0n) is 18.0. The molecular weight excluding hydrogens is 366 g/mol. The summed E-state index contributed by atoms with van der Waals surface area (Å²) in [5.41, 5.74) is 4.81. The van der Waals surface area contributed by atoms with Crippen LogP contribution in [0, 0.1) is 46.3 Å². The standard InChI is InChI=1S/C24H35NO4/c1-13(4-7-21(25)29)16-5-6-17-22-18(12-20(28)24(16,17)3)23(2)9-8-15(26)10-14(23)11-19(22)27/h13-14,16-18,22H,4-12H2,1-3H3,(H2,25,29)/t13-,14?,16-,17+,18+,22+,23+,24-/m1/s1. The van der Waals surface area contributed by atoms with E-state index < -0.39 is 5.41 Å². The maximum absolute atomic E-state index is 13.6. The minimum absolute atomic E-state index is 0.0412. The average Bonchev–Trinajstić information content (AvgIpc) is 3.01. The number of ketones is 3. The zero-order chi connectivity index (χ0) is 21.1. The Morgan fingerprint density at radius 1 is 1.10 bits per heavy atom. The molecule has 4 saturated carbocycles. The van der Waals surface area contributed by atoms with Gasteiger partial charge in [0.15, 0.2) is 0 Å². The Kier molecular flexibility index (Phi) is 5.02. The van der Waals surface area contributed by atoms with E-state index in [4.69, 9.17) is 5.73 Å². The molecule has 0 aromatic carbocycles. The fourth-order valence-electron chi connectivity index (χ4n) is 7.96. The second-order valence-electron chi connectivity index (χ2n) is 10.9. The molecule has 2 N–H and O–H groups in total. The van der Waals surface area contributed by atoms with E-state index in [-0.39, 0.29) is 52.6 Å². The molecule has 5 heteroatoms. The summed E-state index contributed by atoms with van der Waals surface area (Å²) in [5, 5.41) is 0. The van der Waals surface area contributed by atoms with Crippen LogP contribution in [0.3, 0.4) is 0 Å². The van der Waals surface area contributed by atoms with Crippen molar-refractivity contribution in [1.82, 2.24) is 0 Å². The van der Waals surface area contributed by atoms with Crippen molar-refractivity contribution in [1.29, 1.82) is 0 Å². The number of Topliss-reactive ketones (excluding diaryl/α,β-unsaturated/α-hetero) is 3. The molecule has 4 fully saturated rings. The van der Waals surface area contributed by atoms with E-state index >= 15 is 0 Å². The number of rotatable bonds is 4. The van der Waals surface area contributed by atoms with Crippen LogP contribution in [0.4, 0.5) is 0 Å². The molecule has 1 unspecified atom stereocenters. The monoisotopic (exact) mass is 401 g/mol.